The Balaban J connectivity index is 1.55. The molecule has 1 aliphatic heterocycles. The van der Waals surface area contributed by atoms with Crippen LogP contribution in [0.5, 0.6) is 0 Å². The Kier molecular flexibility index (Phi) is 4.48. The number of rotatable bonds is 4. The van der Waals surface area contributed by atoms with E-state index in [0.29, 0.717) is 5.41 Å². The van der Waals surface area contributed by atoms with Crippen molar-refractivity contribution in [1.29, 1.82) is 0 Å². The predicted octanol–water partition coefficient (Wildman–Crippen LogP) is 3.55. The zero-order valence-corrected chi connectivity index (χ0v) is 12.6. The van der Waals surface area contributed by atoms with Crippen LogP contribution in [0.25, 0.3) is 0 Å². The third kappa shape index (κ3) is 3.00. The van der Waals surface area contributed by atoms with E-state index in [2.05, 4.69) is 4.90 Å². The highest BCUT2D eigenvalue weighted by Gasteiger charge is 2.37. The number of hydrogen-bond acceptors (Lipinski definition) is 2. The predicted molar refractivity (Wildman–Crippen MR) is 81.1 cm³/mol. The number of nitrogens with zero attached hydrogens (tertiary/aromatic N) is 1. The molecule has 0 spiro atoms. The van der Waals surface area contributed by atoms with Crippen LogP contribution in [0, 0.1) is 11.3 Å². The smallest absolute Gasteiger partial charge is 0.0123 e. The molecule has 0 radical (unpaired) electrons. The van der Waals surface area contributed by atoms with E-state index in [4.69, 9.17) is 5.73 Å². The maximum atomic E-state index is 6.14. The quantitative estimate of drug-likeness (QED) is 0.841. The van der Waals surface area contributed by atoms with Gasteiger partial charge in [-0.3, -0.25) is 0 Å². The van der Waals surface area contributed by atoms with E-state index in [1.165, 1.54) is 83.7 Å². The average Bonchev–Trinajstić information content (AvgIpc) is 2.95. The summed E-state index contributed by atoms with van der Waals surface area (Å²) >= 11 is 0. The van der Waals surface area contributed by atoms with Crippen LogP contribution in [0.2, 0.25) is 0 Å². The van der Waals surface area contributed by atoms with E-state index in [0.717, 1.165) is 18.5 Å². The van der Waals surface area contributed by atoms with Crippen LogP contribution in [-0.4, -0.2) is 30.6 Å². The summed E-state index contributed by atoms with van der Waals surface area (Å²) in [6.45, 7) is 3.62. The van der Waals surface area contributed by atoms with Crippen LogP contribution in [0.4, 0.5) is 0 Å². The Hall–Kier alpha value is -0.0800. The molecule has 2 unspecified atom stereocenters. The number of nitrogens with two attached hydrogens (primary N) is 1. The van der Waals surface area contributed by atoms with Crippen molar-refractivity contribution in [2.24, 2.45) is 17.1 Å². The lowest BCUT2D eigenvalue weighted by Crippen LogP contribution is -2.45. The van der Waals surface area contributed by atoms with Crippen molar-refractivity contribution in [1.82, 2.24) is 4.90 Å². The standard InChI is InChI=1S/C17H32N2/c18-14-17(9-2-1-3-10-17)11-13-19-12-5-7-15-6-4-8-16(15)19/h15-16H,1-14,18H2. The summed E-state index contributed by atoms with van der Waals surface area (Å²) in [5, 5.41) is 0. The minimum atomic E-state index is 0.504. The molecule has 0 amide bonds. The molecule has 3 rings (SSSR count). The molecule has 2 aliphatic carbocycles. The largest absolute Gasteiger partial charge is 0.330 e. The van der Waals surface area contributed by atoms with E-state index in [1.54, 1.807) is 0 Å². The minimum Gasteiger partial charge on any atom is -0.330 e. The molecule has 0 aromatic rings. The Morgan fingerprint density at radius 1 is 0.947 bits per heavy atom. The molecule has 0 bridgehead atoms. The molecule has 3 aliphatic rings. The van der Waals surface area contributed by atoms with Crippen LogP contribution >= 0.6 is 0 Å². The van der Waals surface area contributed by atoms with Crippen molar-refractivity contribution in [3.05, 3.63) is 0 Å². The molecular formula is C17H32N2. The fourth-order valence-corrected chi connectivity index (χ4v) is 5.07. The van der Waals surface area contributed by atoms with Crippen LogP contribution in [0.15, 0.2) is 0 Å². The average molecular weight is 264 g/mol. The molecule has 2 saturated carbocycles. The Bertz CT molecular complexity index is 283. The summed E-state index contributed by atoms with van der Waals surface area (Å²) in [6.07, 6.45) is 15.8. The monoisotopic (exact) mass is 264 g/mol. The zero-order valence-electron chi connectivity index (χ0n) is 12.6. The van der Waals surface area contributed by atoms with Crippen molar-refractivity contribution in [3.8, 4) is 0 Å². The third-order valence-corrected chi connectivity index (χ3v) is 6.38. The highest BCUT2D eigenvalue weighted by Crippen LogP contribution is 2.41. The van der Waals surface area contributed by atoms with Gasteiger partial charge in [-0.05, 0) is 75.9 Å². The molecular weight excluding hydrogens is 232 g/mol. The first kappa shape index (κ1) is 13.9. The summed E-state index contributed by atoms with van der Waals surface area (Å²) in [5.74, 6) is 1.04. The van der Waals surface area contributed by atoms with E-state index in [9.17, 15) is 0 Å². The zero-order chi connectivity index (χ0) is 13.1. The number of piperidine rings is 1. The van der Waals surface area contributed by atoms with Crippen LogP contribution in [0.3, 0.4) is 0 Å². The molecule has 0 aromatic heterocycles. The summed E-state index contributed by atoms with van der Waals surface area (Å²) in [4.78, 5) is 2.84. The van der Waals surface area contributed by atoms with Crippen molar-refractivity contribution in [3.63, 3.8) is 0 Å². The van der Waals surface area contributed by atoms with Crippen molar-refractivity contribution in [2.75, 3.05) is 19.6 Å². The Morgan fingerprint density at radius 2 is 1.74 bits per heavy atom. The fourth-order valence-electron chi connectivity index (χ4n) is 5.07. The lowest BCUT2D eigenvalue weighted by atomic mass is 9.71. The molecule has 19 heavy (non-hydrogen) atoms. The number of likely N-dealkylation sites (tertiary alicyclic amines) is 1. The summed E-state index contributed by atoms with van der Waals surface area (Å²) in [5.41, 5.74) is 6.65. The van der Waals surface area contributed by atoms with Gasteiger partial charge >= 0.3 is 0 Å². The fraction of sp³-hybridized carbons (Fsp3) is 1.00. The number of hydrogen-bond donors (Lipinski definition) is 1. The normalized spacial score (nSPS) is 35.2. The van der Waals surface area contributed by atoms with Gasteiger partial charge in [0.25, 0.3) is 0 Å². The Morgan fingerprint density at radius 3 is 2.53 bits per heavy atom. The first-order valence-electron chi connectivity index (χ1n) is 8.77. The Labute approximate surface area is 119 Å². The van der Waals surface area contributed by atoms with Gasteiger partial charge in [0, 0.05) is 6.04 Å². The highest BCUT2D eigenvalue weighted by atomic mass is 15.2. The topological polar surface area (TPSA) is 29.3 Å². The molecule has 3 fully saturated rings. The van der Waals surface area contributed by atoms with E-state index >= 15 is 0 Å². The van der Waals surface area contributed by atoms with Gasteiger partial charge in [0.05, 0.1) is 0 Å². The second-order valence-corrected chi connectivity index (χ2v) is 7.45. The molecule has 1 heterocycles. The maximum Gasteiger partial charge on any atom is 0.0123 e. The first-order valence-corrected chi connectivity index (χ1v) is 8.77. The van der Waals surface area contributed by atoms with Crippen molar-refractivity contribution < 1.29 is 0 Å². The third-order valence-electron chi connectivity index (χ3n) is 6.38. The molecule has 0 aromatic carbocycles. The molecule has 2 atom stereocenters. The van der Waals surface area contributed by atoms with Crippen molar-refractivity contribution >= 4 is 0 Å². The number of fused-ring (bicyclic) bond motifs is 1. The van der Waals surface area contributed by atoms with E-state index in [-0.39, 0.29) is 0 Å². The summed E-state index contributed by atoms with van der Waals surface area (Å²) in [7, 11) is 0. The first-order chi connectivity index (χ1) is 9.33. The summed E-state index contributed by atoms with van der Waals surface area (Å²) < 4.78 is 0. The van der Waals surface area contributed by atoms with Gasteiger partial charge in [0.15, 0.2) is 0 Å². The molecule has 110 valence electrons. The van der Waals surface area contributed by atoms with Gasteiger partial charge in [-0.15, -0.1) is 0 Å². The molecule has 2 N–H and O–H groups in total. The van der Waals surface area contributed by atoms with Crippen LogP contribution in [0.1, 0.15) is 70.6 Å². The van der Waals surface area contributed by atoms with Gasteiger partial charge in [0.1, 0.15) is 0 Å². The second kappa shape index (κ2) is 6.13. The van der Waals surface area contributed by atoms with Gasteiger partial charge in [0.2, 0.25) is 0 Å². The highest BCUT2D eigenvalue weighted by molar-refractivity contribution is 4.91. The van der Waals surface area contributed by atoms with Gasteiger partial charge in [-0.25, -0.2) is 0 Å². The lowest BCUT2D eigenvalue weighted by Gasteiger charge is -2.42. The van der Waals surface area contributed by atoms with Crippen LogP contribution < -0.4 is 5.73 Å². The lowest BCUT2D eigenvalue weighted by molar-refractivity contribution is 0.0806. The van der Waals surface area contributed by atoms with Gasteiger partial charge < -0.3 is 10.6 Å². The second-order valence-electron chi connectivity index (χ2n) is 7.45. The van der Waals surface area contributed by atoms with Crippen LogP contribution in [-0.2, 0) is 0 Å². The molecule has 1 saturated heterocycles. The SMILES string of the molecule is NCC1(CCN2CCCC3CCCC32)CCCCC1. The molecule has 2 nitrogen and oxygen atoms in total. The van der Waals surface area contributed by atoms with Gasteiger partial charge in [-0.2, -0.15) is 0 Å². The van der Waals surface area contributed by atoms with Crippen molar-refractivity contribution in [2.45, 2.75) is 76.7 Å². The molecule has 2 heteroatoms. The van der Waals surface area contributed by atoms with E-state index in [1.807, 2.05) is 0 Å². The minimum absolute atomic E-state index is 0.504. The summed E-state index contributed by atoms with van der Waals surface area (Å²) in [6, 6.07) is 0.937. The maximum absolute atomic E-state index is 6.14. The van der Waals surface area contributed by atoms with E-state index < -0.39 is 0 Å². The van der Waals surface area contributed by atoms with Gasteiger partial charge in [-0.1, -0.05) is 25.7 Å².